The number of rotatable bonds is 9. The molecule has 1 atom stereocenters. The lowest BCUT2D eigenvalue weighted by atomic mass is 10.0. The summed E-state index contributed by atoms with van der Waals surface area (Å²) < 4.78 is 34.6. The lowest BCUT2D eigenvalue weighted by Crippen LogP contribution is -2.24. The molecular formula is C24H21N5O4S2. The summed E-state index contributed by atoms with van der Waals surface area (Å²) >= 11 is 1.18. The average molecular weight is 508 g/mol. The van der Waals surface area contributed by atoms with Crippen LogP contribution in [0.4, 0.5) is 0 Å². The third kappa shape index (κ3) is 5.81. The van der Waals surface area contributed by atoms with Gasteiger partial charge in [-0.1, -0.05) is 47.7 Å². The van der Waals surface area contributed by atoms with Crippen LogP contribution in [-0.2, 0) is 32.5 Å². The van der Waals surface area contributed by atoms with E-state index in [1.807, 2.05) is 36.4 Å². The van der Waals surface area contributed by atoms with Gasteiger partial charge in [-0.2, -0.15) is 5.26 Å². The number of thiophene rings is 1. The topological polar surface area (TPSA) is 127 Å². The quantitative estimate of drug-likeness (QED) is 0.344. The van der Waals surface area contributed by atoms with Crippen LogP contribution in [0.25, 0.3) is 10.4 Å². The van der Waals surface area contributed by atoms with Crippen molar-refractivity contribution in [3.05, 3.63) is 89.7 Å². The summed E-state index contributed by atoms with van der Waals surface area (Å²) in [4.78, 5) is 13.2. The van der Waals surface area contributed by atoms with Crippen molar-refractivity contribution in [1.29, 1.82) is 5.26 Å². The predicted molar refractivity (Wildman–Crippen MR) is 130 cm³/mol. The Morgan fingerprint density at radius 2 is 1.89 bits per heavy atom. The lowest BCUT2D eigenvalue weighted by molar-refractivity contribution is -0.144. The lowest BCUT2D eigenvalue weighted by Gasteiger charge is -2.14. The number of hydrogen-bond donors (Lipinski definition) is 1. The van der Waals surface area contributed by atoms with Crippen LogP contribution in [0.1, 0.15) is 22.9 Å². The van der Waals surface area contributed by atoms with Gasteiger partial charge in [-0.3, -0.25) is 0 Å². The number of hydrogen-bond acceptors (Lipinski definition) is 8. The first-order chi connectivity index (χ1) is 16.9. The van der Waals surface area contributed by atoms with Gasteiger partial charge in [0.2, 0.25) is 10.0 Å². The molecule has 0 amide bonds. The molecule has 178 valence electrons. The third-order valence-corrected chi connectivity index (χ3v) is 8.24. The number of methoxy groups -OCH3 is 1. The standard InChI is InChI=1S/C24H21N5O4S2/c1-33-24(30)21(13-17-7-9-18(14-25)10-8-17)29-16-20(27-28-29)15-26-35(31,32)23-12-11-22(34-23)19-5-3-2-4-6-19/h2-12,16,21,26H,13,15H2,1H3/t21-/m0/s1. The molecular weight excluding hydrogens is 486 g/mol. The largest absolute Gasteiger partial charge is 0.467 e. The maximum Gasteiger partial charge on any atom is 0.331 e. The van der Waals surface area contributed by atoms with Crippen molar-refractivity contribution in [3.63, 3.8) is 0 Å². The minimum absolute atomic E-state index is 0.0916. The molecule has 4 aromatic rings. The van der Waals surface area contributed by atoms with Crippen LogP contribution in [-0.4, -0.2) is 36.5 Å². The van der Waals surface area contributed by atoms with Crippen LogP contribution in [0.3, 0.4) is 0 Å². The molecule has 2 aromatic heterocycles. The highest BCUT2D eigenvalue weighted by molar-refractivity contribution is 7.91. The van der Waals surface area contributed by atoms with Gasteiger partial charge in [0, 0.05) is 11.3 Å². The Bertz CT molecular complexity index is 1460. The van der Waals surface area contributed by atoms with Gasteiger partial charge in [-0.15, -0.1) is 16.4 Å². The zero-order chi connectivity index (χ0) is 24.8. The van der Waals surface area contributed by atoms with Gasteiger partial charge in [0.25, 0.3) is 0 Å². The summed E-state index contributed by atoms with van der Waals surface area (Å²) in [5, 5.41) is 17.0. The molecule has 2 heterocycles. The number of carbonyl (C=O) groups is 1. The molecule has 4 rings (SSSR count). The third-order valence-electron chi connectivity index (χ3n) is 5.21. The van der Waals surface area contributed by atoms with Crippen LogP contribution in [0.15, 0.2) is 77.1 Å². The highest BCUT2D eigenvalue weighted by Gasteiger charge is 2.24. The van der Waals surface area contributed by atoms with Crippen LogP contribution in [0.2, 0.25) is 0 Å². The first-order valence-electron chi connectivity index (χ1n) is 10.5. The molecule has 2 aromatic carbocycles. The van der Waals surface area contributed by atoms with Gasteiger partial charge in [-0.05, 0) is 35.4 Å². The first kappa shape index (κ1) is 24.3. The van der Waals surface area contributed by atoms with Crippen molar-refractivity contribution in [1.82, 2.24) is 19.7 Å². The van der Waals surface area contributed by atoms with E-state index in [2.05, 4.69) is 15.0 Å². The molecule has 0 saturated heterocycles. The Morgan fingerprint density at radius 3 is 2.57 bits per heavy atom. The number of nitrogens with zero attached hydrogens (tertiary/aromatic N) is 4. The maximum atomic E-state index is 12.8. The molecule has 11 heteroatoms. The van der Waals surface area contributed by atoms with Crippen molar-refractivity contribution >= 4 is 27.3 Å². The SMILES string of the molecule is COC(=O)[C@H](Cc1ccc(C#N)cc1)n1cc(CNS(=O)(=O)c2ccc(-c3ccccc3)s2)nn1. The number of ether oxygens (including phenoxy) is 1. The summed E-state index contributed by atoms with van der Waals surface area (Å²) in [5.74, 6) is -0.515. The first-order valence-corrected chi connectivity index (χ1v) is 12.8. The number of nitrogens with one attached hydrogen (secondary N) is 1. The predicted octanol–water partition coefficient (Wildman–Crippen LogP) is 3.31. The summed E-state index contributed by atoms with van der Waals surface area (Å²) in [5.41, 5.74) is 2.62. The van der Waals surface area contributed by atoms with E-state index in [0.717, 1.165) is 16.0 Å². The van der Waals surface area contributed by atoms with Crippen LogP contribution in [0, 0.1) is 11.3 Å². The summed E-state index contributed by atoms with van der Waals surface area (Å²) in [6.07, 6.45) is 1.78. The van der Waals surface area contributed by atoms with E-state index >= 15 is 0 Å². The molecule has 9 nitrogen and oxygen atoms in total. The molecule has 35 heavy (non-hydrogen) atoms. The molecule has 1 N–H and O–H groups in total. The second-order valence-corrected chi connectivity index (χ2v) is 10.6. The fraction of sp³-hybridized carbons (Fsp3) is 0.167. The minimum atomic E-state index is -3.76. The van der Waals surface area contributed by atoms with Gasteiger partial charge in [-0.25, -0.2) is 22.6 Å². The number of nitriles is 1. The Kier molecular flexibility index (Phi) is 7.36. The fourth-order valence-corrected chi connectivity index (χ4v) is 5.72. The summed E-state index contributed by atoms with van der Waals surface area (Å²) in [6, 6.07) is 21.0. The molecule has 0 radical (unpaired) electrons. The van der Waals surface area contributed by atoms with Gasteiger partial charge >= 0.3 is 5.97 Å². The fourth-order valence-electron chi connectivity index (χ4n) is 3.37. The van der Waals surface area contributed by atoms with E-state index in [1.165, 1.54) is 29.3 Å². The van der Waals surface area contributed by atoms with Crippen LogP contribution in [0.5, 0.6) is 0 Å². The van der Waals surface area contributed by atoms with Crippen molar-refractivity contribution in [2.24, 2.45) is 0 Å². The second kappa shape index (κ2) is 10.6. The normalized spacial score (nSPS) is 12.1. The van der Waals surface area contributed by atoms with E-state index in [9.17, 15) is 13.2 Å². The zero-order valence-electron chi connectivity index (χ0n) is 18.7. The molecule has 0 aliphatic heterocycles. The van der Waals surface area contributed by atoms with Crippen LogP contribution < -0.4 is 4.72 Å². The average Bonchev–Trinajstić information content (AvgIpc) is 3.57. The van der Waals surface area contributed by atoms with Gasteiger partial charge in [0.1, 0.15) is 4.21 Å². The maximum absolute atomic E-state index is 12.8. The highest BCUT2D eigenvalue weighted by Crippen LogP contribution is 2.30. The summed E-state index contributed by atoms with van der Waals surface area (Å²) in [6.45, 7) is -0.0916. The van der Waals surface area contributed by atoms with E-state index in [0.29, 0.717) is 11.3 Å². The summed E-state index contributed by atoms with van der Waals surface area (Å²) in [7, 11) is -2.48. The van der Waals surface area contributed by atoms with Crippen molar-refractivity contribution in [3.8, 4) is 16.5 Å². The zero-order valence-corrected chi connectivity index (χ0v) is 20.3. The highest BCUT2D eigenvalue weighted by atomic mass is 32.2. The number of carbonyl (C=O) groups excluding carboxylic acids is 1. The molecule has 0 bridgehead atoms. The van der Waals surface area contributed by atoms with Crippen LogP contribution >= 0.6 is 11.3 Å². The van der Waals surface area contributed by atoms with Crippen molar-refractivity contribution in [2.45, 2.75) is 23.2 Å². The number of aromatic nitrogens is 3. The Labute approximate surface area is 206 Å². The number of esters is 1. The molecule has 0 aliphatic carbocycles. The smallest absolute Gasteiger partial charge is 0.331 e. The molecule has 0 fully saturated rings. The van der Waals surface area contributed by atoms with E-state index < -0.39 is 22.0 Å². The minimum Gasteiger partial charge on any atom is -0.467 e. The van der Waals surface area contributed by atoms with Gasteiger partial charge in [0.15, 0.2) is 6.04 Å². The van der Waals surface area contributed by atoms with E-state index in [1.54, 1.807) is 36.4 Å². The van der Waals surface area contributed by atoms with E-state index in [-0.39, 0.29) is 17.2 Å². The van der Waals surface area contributed by atoms with Gasteiger partial charge < -0.3 is 4.74 Å². The van der Waals surface area contributed by atoms with Crippen molar-refractivity contribution in [2.75, 3.05) is 7.11 Å². The Balaban J connectivity index is 1.45. The Morgan fingerprint density at radius 1 is 1.14 bits per heavy atom. The Hall–Kier alpha value is -3.85. The van der Waals surface area contributed by atoms with Crippen molar-refractivity contribution < 1.29 is 17.9 Å². The molecule has 0 spiro atoms. The van der Waals surface area contributed by atoms with E-state index in [4.69, 9.17) is 10.00 Å². The second-order valence-electron chi connectivity index (χ2n) is 7.55. The number of sulfonamides is 1. The number of benzene rings is 2. The molecule has 0 unspecified atom stereocenters. The monoisotopic (exact) mass is 507 g/mol. The van der Waals surface area contributed by atoms with Gasteiger partial charge in [0.05, 0.1) is 37.2 Å². The molecule has 0 aliphatic rings. The molecule has 0 saturated carbocycles.